The lowest BCUT2D eigenvalue weighted by molar-refractivity contribution is 0.669. The molecular formula is C52H31N3OS. The summed E-state index contributed by atoms with van der Waals surface area (Å²) in [4.78, 5) is 10.5. The van der Waals surface area contributed by atoms with Gasteiger partial charge < -0.3 is 8.98 Å². The number of benzene rings is 8. The van der Waals surface area contributed by atoms with Crippen molar-refractivity contribution in [2.75, 3.05) is 0 Å². The molecule has 0 saturated heterocycles. The summed E-state index contributed by atoms with van der Waals surface area (Å²) in [6.07, 6.45) is 0. The quantitative estimate of drug-likeness (QED) is 0.176. The second-order valence-corrected chi connectivity index (χ2v) is 15.6. The van der Waals surface area contributed by atoms with Gasteiger partial charge in [0.2, 0.25) is 0 Å². The predicted octanol–water partition coefficient (Wildman–Crippen LogP) is 14.5. The third-order valence-corrected chi connectivity index (χ3v) is 12.5. The zero-order valence-corrected chi connectivity index (χ0v) is 31.4. The van der Waals surface area contributed by atoms with Gasteiger partial charge in [-0.2, -0.15) is 0 Å². The fourth-order valence-corrected chi connectivity index (χ4v) is 9.81. The molecule has 266 valence electrons. The van der Waals surface area contributed by atoms with Gasteiger partial charge in [0, 0.05) is 64.1 Å². The molecule has 12 aromatic rings. The molecule has 0 aliphatic carbocycles. The number of hydrogen-bond donors (Lipinski definition) is 0. The molecule has 5 heteroatoms. The summed E-state index contributed by atoms with van der Waals surface area (Å²) >= 11 is 1.82. The van der Waals surface area contributed by atoms with Gasteiger partial charge in [-0.15, -0.1) is 11.3 Å². The largest absolute Gasteiger partial charge is 0.456 e. The Hall–Kier alpha value is -7.34. The molecule has 4 heterocycles. The Bertz CT molecular complexity index is 3500. The average Bonchev–Trinajstić information content (AvgIpc) is 3.96. The van der Waals surface area contributed by atoms with Gasteiger partial charge in [0.25, 0.3) is 0 Å². The molecule has 4 nitrogen and oxygen atoms in total. The lowest BCUT2D eigenvalue weighted by atomic mass is 10.0. The highest BCUT2D eigenvalue weighted by atomic mass is 32.1. The molecule has 0 spiro atoms. The van der Waals surface area contributed by atoms with E-state index < -0.39 is 0 Å². The minimum Gasteiger partial charge on any atom is -0.456 e. The standard InChI is InChI=1S/C52H31N3OS/c1-2-11-32(12-3-1)33-21-23-35(24-22-33)52-53-42(31-43(54-52)39-17-10-16-38-37-13-6-9-20-48(37)57-51(38)39)34-25-27-36(28-26-34)55-44-18-7-4-14-40(44)49-45(55)29-30-47-50(49)41-15-5-8-19-46(41)56-47/h1-31H. The van der Waals surface area contributed by atoms with Crippen molar-refractivity contribution in [1.29, 1.82) is 0 Å². The Balaban J connectivity index is 1.02. The van der Waals surface area contributed by atoms with Crippen LogP contribution in [0.3, 0.4) is 0 Å². The van der Waals surface area contributed by atoms with Gasteiger partial charge in [-0.3, -0.25) is 0 Å². The molecule has 0 fully saturated rings. The summed E-state index contributed by atoms with van der Waals surface area (Å²) in [5, 5.41) is 7.21. The van der Waals surface area contributed by atoms with Crippen LogP contribution in [0.2, 0.25) is 0 Å². The number of furan rings is 1. The summed E-state index contributed by atoms with van der Waals surface area (Å²) < 4.78 is 11.2. The topological polar surface area (TPSA) is 43.9 Å². The lowest BCUT2D eigenvalue weighted by Crippen LogP contribution is -1.97. The molecule has 0 bridgehead atoms. The fourth-order valence-electron chi connectivity index (χ4n) is 8.59. The van der Waals surface area contributed by atoms with E-state index in [1.807, 2.05) is 29.5 Å². The minimum atomic E-state index is 0.697. The predicted molar refractivity (Wildman–Crippen MR) is 238 cm³/mol. The summed E-state index contributed by atoms with van der Waals surface area (Å²) in [6.45, 7) is 0. The summed E-state index contributed by atoms with van der Waals surface area (Å²) in [5.74, 6) is 0.697. The highest BCUT2D eigenvalue weighted by molar-refractivity contribution is 7.26. The summed E-state index contributed by atoms with van der Waals surface area (Å²) in [6, 6.07) is 66.5. The van der Waals surface area contributed by atoms with E-state index in [9.17, 15) is 0 Å². The molecule has 12 rings (SSSR count). The molecule has 0 unspecified atom stereocenters. The van der Waals surface area contributed by atoms with Crippen LogP contribution < -0.4 is 0 Å². The molecule has 8 aromatic carbocycles. The number of aromatic nitrogens is 3. The first-order chi connectivity index (χ1) is 28.2. The normalized spacial score (nSPS) is 11.9. The van der Waals surface area contributed by atoms with E-state index in [0.717, 1.165) is 72.3 Å². The van der Waals surface area contributed by atoms with Gasteiger partial charge in [-0.1, -0.05) is 140 Å². The maximum atomic E-state index is 6.32. The van der Waals surface area contributed by atoms with E-state index in [1.54, 1.807) is 0 Å². The molecule has 0 aliphatic rings. The van der Waals surface area contributed by atoms with E-state index in [0.29, 0.717) is 5.82 Å². The second kappa shape index (κ2) is 12.6. The molecule has 4 aromatic heterocycles. The van der Waals surface area contributed by atoms with Gasteiger partial charge in [0.1, 0.15) is 11.2 Å². The van der Waals surface area contributed by atoms with E-state index in [2.05, 4.69) is 174 Å². The van der Waals surface area contributed by atoms with E-state index in [1.165, 1.54) is 36.5 Å². The number of nitrogens with zero attached hydrogens (tertiary/aromatic N) is 3. The Morgan fingerprint density at radius 2 is 1.09 bits per heavy atom. The monoisotopic (exact) mass is 745 g/mol. The van der Waals surface area contributed by atoms with Crippen LogP contribution >= 0.6 is 11.3 Å². The van der Waals surface area contributed by atoms with Crippen LogP contribution in [0.1, 0.15) is 0 Å². The zero-order valence-electron chi connectivity index (χ0n) is 30.6. The maximum absolute atomic E-state index is 6.32. The zero-order chi connectivity index (χ0) is 37.5. The van der Waals surface area contributed by atoms with Crippen molar-refractivity contribution in [3.63, 3.8) is 0 Å². The molecule has 0 N–H and O–H groups in total. The number of fused-ring (bicyclic) bond motifs is 10. The molecule has 57 heavy (non-hydrogen) atoms. The maximum Gasteiger partial charge on any atom is 0.160 e. The Morgan fingerprint density at radius 1 is 0.421 bits per heavy atom. The summed E-state index contributed by atoms with van der Waals surface area (Å²) in [7, 11) is 0. The molecular weight excluding hydrogens is 715 g/mol. The number of thiophene rings is 1. The molecule has 0 aliphatic heterocycles. The second-order valence-electron chi connectivity index (χ2n) is 14.5. The number of hydrogen-bond acceptors (Lipinski definition) is 4. The van der Waals surface area contributed by atoms with Gasteiger partial charge >= 0.3 is 0 Å². The summed E-state index contributed by atoms with van der Waals surface area (Å²) in [5.41, 5.74) is 12.4. The van der Waals surface area contributed by atoms with Crippen LogP contribution in [0.25, 0.3) is 115 Å². The Labute approximate surface area is 331 Å². The SMILES string of the molecule is c1ccc(-c2ccc(-c3nc(-c4ccc(-n5c6ccccc6c6c7c(ccc65)oc5ccccc57)cc4)cc(-c4cccc5c4sc4ccccc45)n3)cc2)cc1. The first kappa shape index (κ1) is 32.0. The van der Waals surface area contributed by atoms with Crippen LogP contribution in [0.4, 0.5) is 0 Å². The van der Waals surface area contributed by atoms with Crippen LogP contribution in [-0.2, 0) is 0 Å². The van der Waals surface area contributed by atoms with Crippen LogP contribution in [0.15, 0.2) is 192 Å². The lowest BCUT2D eigenvalue weighted by Gasteiger charge is -2.12. The van der Waals surface area contributed by atoms with Crippen LogP contribution in [0, 0.1) is 0 Å². The number of para-hydroxylation sites is 2. The molecule has 0 amide bonds. The molecule has 0 atom stereocenters. The van der Waals surface area contributed by atoms with Crippen molar-refractivity contribution in [3.8, 4) is 50.7 Å². The average molecular weight is 746 g/mol. The highest BCUT2D eigenvalue weighted by Crippen LogP contribution is 2.43. The number of rotatable bonds is 5. The first-order valence-electron chi connectivity index (χ1n) is 19.1. The van der Waals surface area contributed by atoms with E-state index in [4.69, 9.17) is 14.4 Å². The smallest absolute Gasteiger partial charge is 0.160 e. The van der Waals surface area contributed by atoms with Crippen LogP contribution in [0.5, 0.6) is 0 Å². The van der Waals surface area contributed by atoms with Crippen molar-refractivity contribution in [3.05, 3.63) is 188 Å². The van der Waals surface area contributed by atoms with Crippen LogP contribution in [-0.4, -0.2) is 14.5 Å². The van der Waals surface area contributed by atoms with Crippen molar-refractivity contribution < 1.29 is 4.42 Å². The third kappa shape index (κ3) is 5.06. The van der Waals surface area contributed by atoms with Crippen molar-refractivity contribution in [2.45, 2.75) is 0 Å². The Kier molecular flexibility index (Phi) is 7.06. The highest BCUT2D eigenvalue weighted by Gasteiger charge is 2.20. The molecule has 0 saturated carbocycles. The van der Waals surface area contributed by atoms with E-state index in [-0.39, 0.29) is 0 Å². The Morgan fingerprint density at radius 3 is 1.95 bits per heavy atom. The van der Waals surface area contributed by atoms with Crippen molar-refractivity contribution in [1.82, 2.24) is 14.5 Å². The van der Waals surface area contributed by atoms with E-state index >= 15 is 0 Å². The molecule has 0 radical (unpaired) electrons. The van der Waals surface area contributed by atoms with Crippen molar-refractivity contribution in [2.24, 2.45) is 0 Å². The van der Waals surface area contributed by atoms with Gasteiger partial charge in [0.15, 0.2) is 5.82 Å². The third-order valence-electron chi connectivity index (χ3n) is 11.3. The first-order valence-corrected chi connectivity index (χ1v) is 20.0. The fraction of sp³-hybridized carbons (Fsp3) is 0. The van der Waals surface area contributed by atoms with Gasteiger partial charge in [-0.05, 0) is 59.7 Å². The van der Waals surface area contributed by atoms with Gasteiger partial charge in [0.05, 0.1) is 22.4 Å². The van der Waals surface area contributed by atoms with Gasteiger partial charge in [-0.25, -0.2) is 9.97 Å². The minimum absolute atomic E-state index is 0.697. The van der Waals surface area contributed by atoms with Crippen molar-refractivity contribution >= 4 is 75.3 Å².